The molecule has 2 rings (SSSR count). The zero-order valence-electron chi connectivity index (χ0n) is 8.02. The standard InChI is InChI=1S/C8H10N2O4S/c1-15(13,14)8-9-5(4-2-3-4)6(10-8)7(11)12/h4H,2-3H2,1H3,(H,9,10)(H,11,12). The average molecular weight is 230 g/mol. The third-order valence-electron chi connectivity index (χ3n) is 2.25. The summed E-state index contributed by atoms with van der Waals surface area (Å²) >= 11 is 0. The molecule has 0 atom stereocenters. The molecule has 0 aromatic carbocycles. The van der Waals surface area contributed by atoms with Crippen molar-refractivity contribution >= 4 is 15.8 Å². The van der Waals surface area contributed by atoms with Gasteiger partial charge in [0.05, 0.1) is 5.69 Å². The van der Waals surface area contributed by atoms with Crippen LogP contribution < -0.4 is 0 Å². The van der Waals surface area contributed by atoms with Gasteiger partial charge in [0.15, 0.2) is 5.69 Å². The fourth-order valence-electron chi connectivity index (χ4n) is 1.37. The van der Waals surface area contributed by atoms with E-state index >= 15 is 0 Å². The van der Waals surface area contributed by atoms with Crippen molar-refractivity contribution in [3.63, 3.8) is 0 Å². The summed E-state index contributed by atoms with van der Waals surface area (Å²) in [7, 11) is -3.47. The van der Waals surface area contributed by atoms with Gasteiger partial charge >= 0.3 is 5.97 Å². The number of carbonyl (C=O) groups is 1. The van der Waals surface area contributed by atoms with Gasteiger partial charge in [-0.25, -0.2) is 18.2 Å². The number of H-pyrrole nitrogens is 1. The zero-order valence-corrected chi connectivity index (χ0v) is 8.84. The number of imidazole rings is 1. The molecular formula is C8H10N2O4S. The van der Waals surface area contributed by atoms with E-state index in [1.807, 2.05) is 0 Å². The largest absolute Gasteiger partial charge is 0.476 e. The molecule has 0 spiro atoms. The van der Waals surface area contributed by atoms with Gasteiger partial charge in [0, 0.05) is 12.2 Å². The monoisotopic (exact) mass is 230 g/mol. The van der Waals surface area contributed by atoms with Crippen molar-refractivity contribution < 1.29 is 18.3 Å². The summed E-state index contributed by atoms with van der Waals surface area (Å²) in [6.45, 7) is 0. The highest BCUT2D eigenvalue weighted by Crippen LogP contribution is 2.40. The average Bonchev–Trinajstić information content (AvgIpc) is 2.81. The molecule has 15 heavy (non-hydrogen) atoms. The van der Waals surface area contributed by atoms with Gasteiger partial charge in [-0.15, -0.1) is 0 Å². The first-order valence-electron chi connectivity index (χ1n) is 4.43. The first kappa shape index (κ1) is 10.2. The molecule has 82 valence electrons. The van der Waals surface area contributed by atoms with Crippen LogP contribution in [0.15, 0.2) is 5.16 Å². The number of aromatic amines is 1. The minimum atomic E-state index is -3.47. The van der Waals surface area contributed by atoms with Crippen LogP contribution in [0.2, 0.25) is 0 Å². The van der Waals surface area contributed by atoms with E-state index in [0.29, 0.717) is 5.69 Å². The molecule has 1 aliphatic carbocycles. The maximum Gasteiger partial charge on any atom is 0.356 e. The minimum absolute atomic E-state index is 0.124. The van der Waals surface area contributed by atoms with Gasteiger partial charge in [0.2, 0.25) is 15.0 Å². The molecule has 1 aromatic rings. The van der Waals surface area contributed by atoms with Crippen LogP contribution in [0.4, 0.5) is 0 Å². The van der Waals surface area contributed by atoms with E-state index in [9.17, 15) is 13.2 Å². The molecule has 1 fully saturated rings. The normalized spacial score (nSPS) is 16.6. The second-order valence-electron chi connectivity index (χ2n) is 3.66. The third kappa shape index (κ3) is 1.87. The molecule has 0 bridgehead atoms. The number of aromatic nitrogens is 2. The Balaban J connectivity index is 2.54. The lowest BCUT2D eigenvalue weighted by Gasteiger charge is -1.92. The van der Waals surface area contributed by atoms with Crippen LogP contribution in [0, 0.1) is 0 Å². The molecule has 1 aliphatic rings. The smallest absolute Gasteiger partial charge is 0.356 e. The number of rotatable bonds is 3. The highest BCUT2D eigenvalue weighted by molar-refractivity contribution is 7.90. The van der Waals surface area contributed by atoms with E-state index in [0.717, 1.165) is 19.1 Å². The lowest BCUT2D eigenvalue weighted by molar-refractivity contribution is 0.0689. The van der Waals surface area contributed by atoms with Crippen molar-refractivity contribution in [2.75, 3.05) is 6.26 Å². The summed E-state index contributed by atoms with van der Waals surface area (Å²) in [5.41, 5.74) is 0.265. The summed E-state index contributed by atoms with van der Waals surface area (Å²) in [4.78, 5) is 17.0. The number of hydrogen-bond donors (Lipinski definition) is 2. The van der Waals surface area contributed by atoms with Crippen LogP contribution in [0.25, 0.3) is 0 Å². The molecule has 6 nitrogen and oxygen atoms in total. The van der Waals surface area contributed by atoms with E-state index in [1.54, 1.807) is 0 Å². The number of carboxylic acids is 1. The SMILES string of the molecule is CS(=O)(=O)c1nc(C(=O)O)c(C2CC2)[nH]1. The fraction of sp³-hybridized carbons (Fsp3) is 0.500. The summed E-state index contributed by atoms with van der Waals surface area (Å²) in [6, 6.07) is 0. The Bertz CT molecular complexity index is 513. The molecule has 0 amide bonds. The summed E-state index contributed by atoms with van der Waals surface area (Å²) in [6.07, 6.45) is 2.76. The quantitative estimate of drug-likeness (QED) is 0.782. The van der Waals surface area contributed by atoms with Gasteiger partial charge in [0.1, 0.15) is 0 Å². The van der Waals surface area contributed by atoms with Crippen molar-refractivity contribution in [3.8, 4) is 0 Å². The Morgan fingerprint density at radius 1 is 1.53 bits per heavy atom. The van der Waals surface area contributed by atoms with Crippen molar-refractivity contribution in [1.82, 2.24) is 9.97 Å². The molecule has 2 N–H and O–H groups in total. The minimum Gasteiger partial charge on any atom is -0.476 e. The maximum absolute atomic E-state index is 11.2. The van der Waals surface area contributed by atoms with Gasteiger partial charge in [-0.2, -0.15) is 0 Å². The van der Waals surface area contributed by atoms with Gasteiger partial charge in [-0.1, -0.05) is 0 Å². The summed E-state index contributed by atoms with van der Waals surface area (Å²) in [5, 5.41) is 8.58. The van der Waals surface area contributed by atoms with Crippen LogP contribution in [0.3, 0.4) is 0 Å². The van der Waals surface area contributed by atoms with Crippen LogP contribution >= 0.6 is 0 Å². The van der Waals surface area contributed by atoms with Crippen LogP contribution in [-0.4, -0.2) is 35.7 Å². The fourth-order valence-corrected chi connectivity index (χ4v) is 1.92. The van der Waals surface area contributed by atoms with Gasteiger partial charge < -0.3 is 10.1 Å². The molecule has 0 radical (unpaired) electrons. The van der Waals surface area contributed by atoms with E-state index in [2.05, 4.69) is 9.97 Å². The second-order valence-corrected chi connectivity index (χ2v) is 5.59. The van der Waals surface area contributed by atoms with Crippen molar-refractivity contribution in [3.05, 3.63) is 11.4 Å². The van der Waals surface area contributed by atoms with Crippen molar-refractivity contribution in [2.45, 2.75) is 23.9 Å². The predicted molar refractivity (Wildman–Crippen MR) is 50.6 cm³/mol. The molecule has 0 saturated heterocycles. The molecular weight excluding hydrogens is 220 g/mol. The number of nitrogens with zero attached hydrogens (tertiary/aromatic N) is 1. The van der Waals surface area contributed by atoms with Crippen molar-refractivity contribution in [2.24, 2.45) is 0 Å². The molecule has 1 heterocycles. The molecule has 1 aromatic heterocycles. The second kappa shape index (κ2) is 3.06. The van der Waals surface area contributed by atoms with Gasteiger partial charge in [-0.05, 0) is 12.8 Å². The molecule has 0 unspecified atom stereocenters. The van der Waals surface area contributed by atoms with Gasteiger partial charge in [-0.3, -0.25) is 0 Å². The topological polar surface area (TPSA) is 100 Å². The number of sulfone groups is 1. The molecule has 1 saturated carbocycles. The number of carboxylic acid groups (broad SMARTS) is 1. The van der Waals surface area contributed by atoms with E-state index in [-0.39, 0.29) is 16.8 Å². The lowest BCUT2D eigenvalue weighted by atomic mass is 10.2. The van der Waals surface area contributed by atoms with E-state index in [1.165, 1.54) is 0 Å². The van der Waals surface area contributed by atoms with E-state index in [4.69, 9.17) is 5.11 Å². The highest BCUT2D eigenvalue weighted by atomic mass is 32.2. The third-order valence-corrected chi connectivity index (χ3v) is 3.15. The summed E-state index contributed by atoms with van der Waals surface area (Å²) in [5.74, 6) is -1.07. The van der Waals surface area contributed by atoms with Crippen molar-refractivity contribution in [1.29, 1.82) is 0 Å². The Kier molecular flexibility index (Phi) is 2.07. The van der Waals surface area contributed by atoms with E-state index < -0.39 is 15.8 Å². The first-order chi connectivity index (χ1) is 6.89. The Morgan fingerprint density at radius 2 is 2.13 bits per heavy atom. The lowest BCUT2D eigenvalue weighted by Crippen LogP contribution is -2.02. The number of nitrogens with one attached hydrogen (secondary N) is 1. The summed E-state index contributed by atoms with van der Waals surface area (Å²) < 4.78 is 22.4. The Labute approximate surface area is 86.3 Å². The maximum atomic E-state index is 11.2. The number of hydrogen-bond acceptors (Lipinski definition) is 4. The predicted octanol–water partition coefficient (Wildman–Crippen LogP) is 0.389. The van der Waals surface area contributed by atoms with Gasteiger partial charge in [0.25, 0.3) is 0 Å². The van der Waals surface area contributed by atoms with Crippen LogP contribution in [0.5, 0.6) is 0 Å². The Hall–Kier alpha value is -1.37. The molecule has 0 aliphatic heterocycles. The Morgan fingerprint density at radius 3 is 2.53 bits per heavy atom. The zero-order chi connectivity index (χ0) is 11.2. The highest BCUT2D eigenvalue weighted by Gasteiger charge is 2.32. The van der Waals surface area contributed by atoms with Crippen LogP contribution in [-0.2, 0) is 9.84 Å². The molecule has 7 heteroatoms. The van der Waals surface area contributed by atoms with Crippen LogP contribution in [0.1, 0.15) is 34.9 Å². The first-order valence-corrected chi connectivity index (χ1v) is 6.32. The number of aromatic carboxylic acids is 1.